The molecule has 0 unspecified atom stereocenters. The quantitative estimate of drug-likeness (QED) is 0.489. The third-order valence-corrected chi connectivity index (χ3v) is 4.91. The SMILES string of the molecule is Cc1c(-c2nnc3sc(-c4ccncc4)nn23)oc2ccccc12. The Kier molecular flexibility index (Phi) is 2.77. The average Bonchev–Trinajstić information content (AvgIpc) is 3.29. The Morgan fingerprint density at radius 2 is 1.88 bits per heavy atom. The first-order valence-corrected chi connectivity index (χ1v) is 8.24. The van der Waals surface area contributed by atoms with Gasteiger partial charge in [0.1, 0.15) is 10.6 Å². The number of pyridine rings is 1. The van der Waals surface area contributed by atoms with Crippen molar-refractivity contribution in [2.24, 2.45) is 0 Å². The Bertz CT molecular complexity index is 1170. The van der Waals surface area contributed by atoms with Crippen LogP contribution in [-0.2, 0) is 0 Å². The normalized spacial score (nSPS) is 11.5. The van der Waals surface area contributed by atoms with Crippen molar-refractivity contribution in [3.63, 3.8) is 0 Å². The smallest absolute Gasteiger partial charge is 0.235 e. The highest BCUT2D eigenvalue weighted by Gasteiger charge is 2.20. The van der Waals surface area contributed by atoms with E-state index in [1.54, 1.807) is 16.9 Å². The van der Waals surface area contributed by atoms with Crippen LogP contribution >= 0.6 is 11.3 Å². The molecule has 116 valence electrons. The molecule has 0 atom stereocenters. The zero-order valence-corrected chi connectivity index (χ0v) is 13.5. The topological polar surface area (TPSA) is 69.1 Å². The molecular weight excluding hydrogens is 322 g/mol. The van der Waals surface area contributed by atoms with E-state index in [9.17, 15) is 0 Å². The fourth-order valence-corrected chi connectivity index (χ4v) is 3.60. The van der Waals surface area contributed by atoms with Gasteiger partial charge in [0.05, 0.1) is 0 Å². The van der Waals surface area contributed by atoms with Crippen LogP contribution < -0.4 is 0 Å². The molecule has 6 nitrogen and oxygen atoms in total. The van der Waals surface area contributed by atoms with Gasteiger partial charge >= 0.3 is 0 Å². The number of hydrogen-bond acceptors (Lipinski definition) is 6. The first-order chi connectivity index (χ1) is 11.8. The monoisotopic (exact) mass is 333 g/mol. The molecule has 0 N–H and O–H groups in total. The second-order valence-electron chi connectivity index (χ2n) is 5.41. The predicted octanol–water partition coefficient (Wildman–Crippen LogP) is 3.97. The summed E-state index contributed by atoms with van der Waals surface area (Å²) in [6.07, 6.45) is 3.50. The molecule has 0 spiro atoms. The Labute approximate surface area is 140 Å². The molecule has 5 aromatic rings. The van der Waals surface area contributed by atoms with Gasteiger partial charge in [0.25, 0.3) is 0 Å². The van der Waals surface area contributed by atoms with Crippen molar-refractivity contribution in [3.05, 3.63) is 54.4 Å². The lowest BCUT2D eigenvalue weighted by Gasteiger charge is -1.94. The second-order valence-corrected chi connectivity index (χ2v) is 6.37. The highest BCUT2D eigenvalue weighted by atomic mass is 32.1. The summed E-state index contributed by atoms with van der Waals surface area (Å²) in [5.74, 6) is 1.32. The molecule has 0 saturated carbocycles. The highest BCUT2D eigenvalue weighted by molar-refractivity contribution is 7.19. The number of para-hydroxylation sites is 1. The third-order valence-electron chi connectivity index (χ3n) is 3.96. The van der Waals surface area contributed by atoms with Crippen molar-refractivity contribution in [1.82, 2.24) is 24.8 Å². The Morgan fingerprint density at radius 3 is 2.71 bits per heavy atom. The van der Waals surface area contributed by atoms with Crippen LogP contribution in [0.3, 0.4) is 0 Å². The number of fused-ring (bicyclic) bond motifs is 2. The van der Waals surface area contributed by atoms with E-state index < -0.39 is 0 Å². The lowest BCUT2D eigenvalue weighted by Crippen LogP contribution is -1.91. The van der Waals surface area contributed by atoms with E-state index in [-0.39, 0.29) is 0 Å². The molecule has 7 heteroatoms. The fraction of sp³-hybridized carbons (Fsp3) is 0.0588. The molecule has 5 rings (SSSR count). The number of aromatic nitrogens is 5. The van der Waals surface area contributed by atoms with Gasteiger partial charge in [-0.2, -0.15) is 9.61 Å². The molecule has 0 aliphatic rings. The number of hydrogen-bond donors (Lipinski definition) is 0. The minimum absolute atomic E-state index is 0.621. The number of furan rings is 1. The average molecular weight is 333 g/mol. The number of aryl methyl sites for hydroxylation is 1. The van der Waals surface area contributed by atoms with Gasteiger partial charge in [0, 0.05) is 28.9 Å². The summed E-state index contributed by atoms with van der Waals surface area (Å²) in [6, 6.07) is 11.8. The third kappa shape index (κ3) is 1.88. The molecule has 0 aliphatic carbocycles. The summed E-state index contributed by atoms with van der Waals surface area (Å²) in [6.45, 7) is 2.03. The molecule has 0 radical (unpaired) electrons. The first-order valence-electron chi connectivity index (χ1n) is 7.42. The van der Waals surface area contributed by atoms with E-state index in [0.717, 1.165) is 32.1 Å². The van der Waals surface area contributed by atoms with Gasteiger partial charge in [-0.25, -0.2) is 0 Å². The molecule has 4 heterocycles. The van der Waals surface area contributed by atoms with Gasteiger partial charge in [-0.15, -0.1) is 10.2 Å². The van der Waals surface area contributed by atoms with Gasteiger partial charge in [-0.3, -0.25) is 4.98 Å². The molecule has 0 saturated heterocycles. The largest absolute Gasteiger partial charge is 0.452 e. The van der Waals surface area contributed by atoms with Crippen molar-refractivity contribution in [1.29, 1.82) is 0 Å². The molecule has 0 bridgehead atoms. The van der Waals surface area contributed by atoms with Crippen LogP contribution in [0.15, 0.2) is 53.2 Å². The molecule has 4 aromatic heterocycles. The summed E-state index contributed by atoms with van der Waals surface area (Å²) in [7, 11) is 0. The van der Waals surface area contributed by atoms with E-state index in [2.05, 4.69) is 20.3 Å². The van der Waals surface area contributed by atoms with Gasteiger partial charge in [-0.1, -0.05) is 29.5 Å². The minimum atomic E-state index is 0.621. The van der Waals surface area contributed by atoms with Crippen molar-refractivity contribution in [2.45, 2.75) is 6.92 Å². The Balaban J connectivity index is 1.72. The van der Waals surface area contributed by atoms with E-state index in [1.165, 1.54) is 11.3 Å². The molecule has 0 amide bonds. The minimum Gasteiger partial charge on any atom is -0.452 e. The maximum Gasteiger partial charge on any atom is 0.235 e. The molecule has 24 heavy (non-hydrogen) atoms. The zero-order valence-electron chi connectivity index (χ0n) is 12.7. The zero-order chi connectivity index (χ0) is 16.1. The van der Waals surface area contributed by atoms with Crippen molar-refractivity contribution < 1.29 is 4.42 Å². The van der Waals surface area contributed by atoms with Crippen LogP contribution in [0.25, 0.3) is 38.1 Å². The number of rotatable bonds is 2. The molecule has 0 fully saturated rings. The van der Waals surface area contributed by atoms with Crippen LogP contribution in [0.2, 0.25) is 0 Å². The van der Waals surface area contributed by atoms with Crippen LogP contribution in [0.4, 0.5) is 0 Å². The van der Waals surface area contributed by atoms with Crippen molar-refractivity contribution >= 4 is 27.3 Å². The van der Waals surface area contributed by atoms with E-state index >= 15 is 0 Å². The van der Waals surface area contributed by atoms with Crippen molar-refractivity contribution in [3.8, 4) is 22.2 Å². The molecular formula is C17H11N5OS. The molecule has 0 aliphatic heterocycles. The summed E-state index contributed by atoms with van der Waals surface area (Å²) < 4.78 is 7.74. The van der Waals surface area contributed by atoms with Crippen LogP contribution in [0.1, 0.15) is 5.56 Å². The summed E-state index contributed by atoms with van der Waals surface area (Å²) in [4.78, 5) is 4.77. The van der Waals surface area contributed by atoms with Crippen molar-refractivity contribution in [2.75, 3.05) is 0 Å². The van der Waals surface area contributed by atoms with E-state index in [1.807, 2.05) is 43.3 Å². The summed E-state index contributed by atoms with van der Waals surface area (Å²) in [5.41, 5.74) is 2.89. The summed E-state index contributed by atoms with van der Waals surface area (Å²) in [5, 5.41) is 15.1. The van der Waals surface area contributed by atoms with Gasteiger partial charge in [0.15, 0.2) is 5.76 Å². The standard InChI is InChI=1S/C17H11N5OS/c1-10-12-4-2-3-5-13(12)23-14(10)15-19-20-17-22(15)21-16(24-17)11-6-8-18-9-7-11/h2-9H,1H3. The first kappa shape index (κ1) is 13.4. The highest BCUT2D eigenvalue weighted by Crippen LogP contribution is 2.33. The number of benzene rings is 1. The lowest BCUT2D eigenvalue weighted by molar-refractivity contribution is 0.619. The predicted molar refractivity (Wildman–Crippen MR) is 91.8 cm³/mol. The van der Waals surface area contributed by atoms with E-state index in [4.69, 9.17) is 4.42 Å². The maximum absolute atomic E-state index is 6.00. The van der Waals surface area contributed by atoms with Crippen LogP contribution in [0, 0.1) is 6.92 Å². The van der Waals surface area contributed by atoms with E-state index in [0.29, 0.717) is 11.6 Å². The lowest BCUT2D eigenvalue weighted by atomic mass is 10.1. The molecule has 1 aromatic carbocycles. The summed E-state index contributed by atoms with van der Waals surface area (Å²) >= 11 is 1.49. The Morgan fingerprint density at radius 1 is 1.04 bits per heavy atom. The van der Waals surface area contributed by atoms with Crippen LogP contribution in [-0.4, -0.2) is 24.8 Å². The van der Waals surface area contributed by atoms with Gasteiger partial charge < -0.3 is 4.42 Å². The Hall–Kier alpha value is -3.06. The second kappa shape index (κ2) is 4.97. The van der Waals surface area contributed by atoms with Crippen LogP contribution in [0.5, 0.6) is 0 Å². The number of nitrogens with zero attached hydrogens (tertiary/aromatic N) is 5. The van der Waals surface area contributed by atoms with Gasteiger partial charge in [-0.05, 0) is 25.1 Å². The maximum atomic E-state index is 6.00. The fourth-order valence-electron chi connectivity index (χ4n) is 2.76. The van der Waals surface area contributed by atoms with Gasteiger partial charge in [0.2, 0.25) is 10.8 Å².